The summed E-state index contributed by atoms with van der Waals surface area (Å²) in [5.74, 6) is 2.58. The highest BCUT2D eigenvalue weighted by Crippen LogP contribution is 2.39. The zero-order valence-corrected chi connectivity index (χ0v) is 15.6. The number of anilines is 1. The predicted molar refractivity (Wildman–Crippen MR) is 102 cm³/mol. The highest BCUT2D eigenvalue weighted by Gasteiger charge is 2.25. The van der Waals surface area contributed by atoms with Gasteiger partial charge in [0.05, 0.1) is 19.9 Å². The van der Waals surface area contributed by atoms with E-state index in [1.165, 1.54) is 5.56 Å². The van der Waals surface area contributed by atoms with E-state index in [4.69, 9.17) is 14.6 Å². The number of hydrogen-bond acceptors (Lipinski definition) is 4. The molecular weight excluding hydrogens is 382 g/mol. The van der Waals surface area contributed by atoms with Gasteiger partial charge in [-0.1, -0.05) is 15.9 Å². The molecule has 3 aromatic rings. The third-order valence-corrected chi connectivity index (χ3v) is 4.91. The second kappa shape index (κ2) is 6.44. The third kappa shape index (κ3) is 2.76. The van der Waals surface area contributed by atoms with Gasteiger partial charge in [0.15, 0.2) is 0 Å². The summed E-state index contributed by atoms with van der Waals surface area (Å²) in [7, 11) is 3.32. The van der Waals surface area contributed by atoms with Crippen LogP contribution in [0.15, 0.2) is 46.9 Å². The molecule has 25 heavy (non-hydrogen) atoms. The quantitative estimate of drug-likeness (QED) is 0.710. The van der Waals surface area contributed by atoms with Gasteiger partial charge in [-0.15, -0.1) is 0 Å². The number of hydrogen-bond donors (Lipinski definition) is 1. The number of nitrogens with one attached hydrogen (secondary N) is 1. The lowest BCUT2D eigenvalue weighted by atomic mass is 10.1. The van der Waals surface area contributed by atoms with Crippen LogP contribution in [0.3, 0.4) is 0 Å². The fourth-order valence-electron chi connectivity index (χ4n) is 3.15. The fraction of sp³-hybridized carbons (Fsp3) is 0.211. The van der Waals surface area contributed by atoms with E-state index in [1.54, 1.807) is 14.2 Å². The molecule has 5 nitrogen and oxygen atoms in total. The maximum absolute atomic E-state index is 5.58. The molecular formula is C19H18BrN3O2. The van der Waals surface area contributed by atoms with Gasteiger partial charge < -0.3 is 14.8 Å². The number of halogens is 1. The largest absolute Gasteiger partial charge is 0.497 e. The molecule has 0 amide bonds. The van der Waals surface area contributed by atoms with E-state index in [0.29, 0.717) is 0 Å². The van der Waals surface area contributed by atoms with Crippen LogP contribution in [0.1, 0.15) is 5.56 Å². The van der Waals surface area contributed by atoms with E-state index in [9.17, 15) is 0 Å². The topological polar surface area (TPSA) is 48.3 Å². The third-order valence-electron chi connectivity index (χ3n) is 4.39. The Morgan fingerprint density at radius 2 is 1.88 bits per heavy atom. The molecule has 0 spiro atoms. The van der Waals surface area contributed by atoms with Gasteiger partial charge in [0.2, 0.25) is 0 Å². The average Bonchev–Trinajstić information content (AvgIpc) is 3.25. The van der Waals surface area contributed by atoms with Crippen LogP contribution in [0.2, 0.25) is 0 Å². The van der Waals surface area contributed by atoms with Crippen molar-refractivity contribution in [2.75, 3.05) is 26.1 Å². The molecule has 4 rings (SSSR count). The first-order chi connectivity index (χ1) is 12.2. The minimum Gasteiger partial charge on any atom is -0.497 e. The molecule has 2 heterocycles. The standard InChI is InChI=1S/C19H18BrN3O2/c1-24-14-7-8-15(17(11-14)25-2)18-16-9-10-21-19(16)23(22-18)13-5-3-12(20)4-6-13/h3-8,11,21H,9-10H2,1-2H3. The Bertz CT molecular complexity index is 919. The van der Waals surface area contributed by atoms with E-state index >= 15 is 0 Å². The van der Waals surface area contributed by atoms with E-state index in [0.717, 1.165) is 51.7 Å². The van der Waals surface area contributed by atoms with Crippen molar-refractivity contribution in [3.63, 3.8) is 0 Å². The molecule has 0 radical (unpaired) electrons. The van der Waals surface area contributed by atoms with Crippen LogP contribution in [0.4, 0.5) is 5.82 Å². The van der Waals surface area contributed by atoms with Crippen LogP contribution in [0.25, 0.3) is 16.9 Å². The maximum atomic E-state index is 5.58. The van der Waals surface area contributed by atoms with Crippen molar-refractivity contribution in [1.29, 1.82) is 0 Å². The highest BCUT2D eigenvalue weighted by molar-refractivity contribution is 9.10. The van der Waals surface area contributed by atoms with E-state index in [1.807, 2.05) is 47.1 Å². The Kier molecular flexibility index (Phi) is 4.13. The van der Waals surface area contributed by atoms with Gasteiger partial charge >= 0.3 is 0 Å². The first-order valence-electron chi connectivity index (χ1n) is 8.05. The van der Waals surface area contributed by atoms with Crippen LogP contribution in [0.5, 0.6) is 11.5 Å². The lowest BCUT2D eigenvalue weighted by Crippen LogP contribution is -2.04. The van der Waals surface area contributed by atoms with Gasteiger partial charge in [-0.2, -0.15) is 5.10 Å². The van der Waals surface area contributed by atoms with Crippen molar-refractivity contribution in [2.45, 2.75) is 6.42 Å². The summed E-state index contributed by atoms with van der Waals surface area (Å²) in [4.78, 5) is 0. The second-order valence-electron chi connectivity index (χ2n) is 5.81. The van der Waals surface area contributed by atoms with Gasteiger partial charge in [0, 0.05) is 28.2 Å². The van der Waals surface area contributed by atoms with Crippen molar-refractivity contribution in [3.8, 4) is 28.4 Å². The van der Waals surface area contributed by atoms with Gasteiger partial charge in [0.25, 0.3) is 0 Å². The average molecular weight is 400 g/mol. The minimum atomic E-state index is 0.759. The van der Waals surface area contributed by atoms with Crippen molar-refractivity contribution in [3.05, 3.63) is 52.5 Å². The van der Waals surface area contributed by atoms with Gasteiger partial charge in [-0.05, 0) is 42.8 Å². The van der Waals surface area contributed by atoms with Crippen LogP contribution in [0, 0.1) is 0 Å². The minimum absolute atomic E-state index is 0.759. The first kappa shape index (κ1) is 16.0. The number of ether oxygens (including phenoxy) is 2. The van der Waals surface area contributed by atoms with E-state index in [-0.39, 0.29) is 0 Å². The lowest BCUT2D eigenvalue weighted by molar-refractivity contribution is 0.395. The Labute approximate surface area is 154 Å². The molecule has 128 valence electrons. The summed E-state index contributed by atoms with van der Waals surface area (Å²) >= 11 is 3.48. The first-order valence-corrected chi connectivity index (χ1v) is 8.84. The summed E-state index contributed by atoms with van der Waals surface area (Å²) in [6.45, 7) is 0.912. The molecule has 1 aliphatic heterocycles. The van der Waals surface area contributed by atoms with Crippen molar-refractivity contribution in [2.24, 2.45) is 0 Å². The normalized spacial score (nSPS) is 12.6. The fourth-order valence-corrected chi connectivity index (χ4v) is 3.42. The molecule has 0 fully saturated rings. The molecule has 0 bridgehead atoms. The molecule has 2 aromatic carbocycles. The predicted octanol–water partition coefficient (Wildman–Crippen LogP) is 4.29. The summed E-state index contributed by atoms with van der Waals surface area (Å²) in [6.07, 6.45) is 0.941. The summed E-state index contributed by atoms with van der Waals surface area (Å²) in [5, 5.41) is 8.34. The van der Waals surface area contributed by atoms with Gasteiger partial charge in [-0.3, -0.25) is 0 Å². The highest BCUT2D eigenvalue weighted by atomic mass is 79.9. The van der Waals surface area contributed by atoms with Gasteiger partial charge in [0.1, 0.15) is 23.0 Å². The van der Waals surface area contributed by atoms with Gasteiger partial charge in [-0.25, -0.2) is 4.68 Å². The molecule has 1 aromatic heterocycles. The Morgan fingerprint density at radius 3 is 2.60 bits per heavy atom. The number of aromatic nitrogens is 2. The van der Waals surface area contributed by atoms with Crippen LogP contribution < -0.4 is 14.8 Å². The van der Waals surface area contributed by atoms with Crippen molar-refractivity contribution < 1.29 is 9.47 Å². The Hall–Kier alpha value is -2.47. The number of rotatable bonds is 4. The van der Waals surface area contributed by atoms with Crippen LogP contribution in [-0.4, -0.2) is 30.5 Å². The molecule has 0 aliphatic carbocycles. The summed E-state index contributed by atoms with van der Waals surface area (Å²) < 4.78 is 13.9. The SMILES string of the molecule is COc1ccc(-c2nn(-c3ccc(Br)cc3)c3c2CCN3)c(OC)c1. The molecule has 0 unspecified atom stereocenters. The Balaban J connectivity index is 1.87. The molecule has 0 saturated heterocycles. The zero-order chi connectivity index (χ0) is 17.4. The number of methoxy groups -OCH3 is 2. The monoisotopic (exact) mass is 399 g/mol. The number of fused-ring (bicyclic) bond motifs is 1. The van der Waals surface area contributed by atoms with Crippen LogP contribution in [-0.2, 0) is 6.42 Å². The van der Waals surface area contributed by atoms with Crippen molar-refractivity contribution >= 4 is 21.7 Å². The number of nitrogens with zero attached hydrogens (tertiary/aromatic N) is 2. The number of benzene rings is 2. The van der Waals surface area contributed by atoms with Crippen LogP contribution >= 0.6 is 15.9 Å². The van der Waals surface area contributed by atoms with E-state index < -0.39 is 0 Å². The molecule has 1 aliphatic rings. The maximum Gasteiger partial charge on any atom is 0.133 e. The smallest absolute Gasteiger partial charge is 0.133 e. The second-order valence-corrected chi connectivity index (χ2v) is 6.72. The van der Waals surface area contributed by atoms with E-state index in [2.05, 4.69) is 21.2 Å². The zero-order valence-electron chi connectivity index (χ0n) is 14.0. The summed E-state index contributed by atoms with van der Waals surface area (Å²) in [5.41, 5.74) is 4.15. The molecule has 1 N–H and O–H groups in total. The summed E-state index contributed by atoms with van der Waals surface area (Å²) in [6, 6.07) is 14.0. The lowest BCUT2D eigenvalue weighted by Gasteiger charge is -2.10. The molecule has 0 atom stereocenters. The Morgan fingerprint density at radius 1 is 1.08 bits per heavy atom. The molecule has 6 heteroatoms. The van der Waals surface area contributed by atoms with Crippen molar-refractivity contribution in [1.82, 2.24) is 9.78 Å². The molecule has 0 saturated carbocycles.